The predicted molar refractivity (Wildman–Crippen MR) is 81.6 cm³/mol. The monoisotopic (exact) mass is 311 g/mol. The average molecular weight is 311 g/mol. The summed E-state index contributed by atoms with van der Waals surface area (Å²) in [6, 6.07) is 7.28. The number of sulfonamides is 1. The van der Waals surface area contributed by atoms with Gasteiger partial charge in [-0.05, 0) is 31.9 Å². The number of hydrogen-bond donors (Lipinski definition) is 0. The van der Waals surface area contributed by atoms with Crippen molar-refractivity contribution in [2.75, 3.05) is 18.5 Å². The second-order valence-corrected chi connectivity index (χ2v) is 7.63. The zero-order valence-electron chi connectivity index (χ0n) is 12.6. The number of ether oxygens (including phenoxy) is 1. The summed E-state index contributed by atoms with van der Waals surface area (Å²) in [7, 11) is -0.742. The Morgan fingerprint density at radius 3 is 2.43 bits per heavy atom. The summed E-state index contributed by atoms with van der Waals surface area (Å²) in [6.45, 7) is 1.95. The van der Waals surface area contributed by atoms with Crippen LogP contribution in [0.5, 0.6) is 0 Å². The van der Waals surface area contributed by atoms with Gasteiger partial charge < -0.3 is 4.74 Å². The molecule has 0 amide bonds. The fourth-order valence-corrected chi connectivity index (χ4v) is 4.76. The molecule has 1 aromatic rings. The van der Waals surface area contributed by atoms with E-state index in [1.54, 1.807) is 12.1 Å². The largest absolute Gasteiger partial charge is 0.469 e. The minimum absolute atomic E-state index is 0.432. The Morgan fingerprint density at radius 2 is 1.86 bits per heavy atom. The molecule has 0 saturated heterocycles. The molecule has 5 nitrogen and oxygen atoms in total. The lowest BCUT2D eigenvalue weighted by Crippen LogP contribution is -2.40. The third-order valence-corrected chi connectivity index (χ3v) is 6.42. The van der Waals surface area contributed by atoms with Crippen molar-refractivity contribution in [3.8, 4) is 0 Å². The Morgan fingerprint density at radius 1 is 1.24 bits per heavy atom. The lowest BCUT2D eigenvalue weighted by Gasteiger charge is -2.26. The molecule has 0 bridgehead atoms. The molecule has 1 fully saturated rings. The number of esters is 1. The number of aryl methyl sites for hydroxylation is 1. The Labute approximate surface area is 126 Å². The summed E-state index contributed by atoms with van der Waals surface area (Å²) in [6.07, 6.45) is 1.79. The van der Waals surface area contributed by atoms with Gasteiger partial charge >= 0.3 is 5.97 Å². The summed E-state index contributed by atoms with van der Waals surface area (Å²) in [5.41, 5.74) is 1.67. The molecule has 1 saturated carbocycles. The molecule has 2 rings (SSSR count). The van der Waals surface area contributed by atoms with Gasteiger partial charge in [0.2, 0.25) is 10.0 Å². The van der Waals surface area contributed by atoms with Crippen LogP contribution in [0.4, 0.5) is 5.69 Å². The van der Waals surface area contributed by atoms with Gasteiger partial charge in [0.05, 0.1) is 24.0 Å². The summed E-state index contributed by atoms with van der Waals surface area (Å²) >= 11 is 0. The molecule has 0 N–H and O–H groups in total. The zero-order chi connectivity index (χ0) is 15.6. The van der Waals surface area contributed by atoms with Crippen LogP contribution in [0.1, 0.15) is 24.8 Å². The number of benzene rings is 1. The van der Waals surface area contributed by atoms with Crippen LogP contribution in [0.3, 0.4) is 0 Å². The van der Waals surface area contributed by atoms with Crippen LogP contribution >= 0.6 is 0 Å². The normalized spacial score (nSPS) is 22.0. The third kappa shape index (κ3) is 3.05. The highest BCUT2D eigenvalue weighted by Crippen LogP contribution is 2.34. The van der Waals surface area contributed by atoms with E-state index in [0.717, 1.165) is 12.0 Å². The lowest BCUT2D eigenvalue weighted by molar-refractivity contribution is -0.145. The van der Waals surface area contributed by atoms with Gasteiger partial charge in [-0.25, -0.2) is 8.42 Å². The number of rotatable bonds is 4. The smallest absolute Gasteiger partial charge is 0.310 e. The molecular weight excluding hydrogens is 290 g/mol. The maximum absolute atomic E-state index is 12.8. The SMILES string of the molecule is COC(=O)C1CCCC1S(=O)(=O)N(C)c1ccc(C)cc1. The van der Waals surface area contributed by atoms with Gasteiger partial charge in [0.25, 0.3) is 0 Å². The van der Waals surface area contributed by atoms with Crippen molar-refractivity contribution in [1.29, 1.82) is 0 Å². The first-order chi connectivity index (χ1) is 9.87. The van der Waals surface area contributed by atoms with Gasteiger partial charge in [-0.15, -0.1) is 0 Å². The second kappa shape index (κ2) is 6.05. The molecule has 0 aliphatic heterocycles. The molecule has 0 radical (unpaired) electrons. The van der Waals surface area contributed by atoms with Gasteiger partial charge in [-0.1, -0.05) is 24.1 Å². The molecule has 1 aliphatic carbocycles. The zero-order valence-corrected chi connectivity index (χ0v) is 13.4. The highest BCUT2D eigenvalue weighted by atomic mass is 32.2. The maximum atomic E-state index is 12.8. The van der Waals surface area contributed by atoms with Crippen LogP contribution in [-0.4, -0.2) is 33.8 Å². The standard InChI is InChI=1S/C15H21NO4S/c1-11-7-9-12(10-8-11)16(2)21(18,19)14-6-4-5-13(14)15(17)20-3/h7-10,13-14H,4-6H2,1-3H3. The van der Waals surface area contributed by atoms with Crippen LogP contribution in [0.2, 0.25) is 0 Å². The van der Waals surface area contributed by atoms with Crippen molar-refractivity contribution >= 4 is 21.7 Å². The summed E-state index contributed by atoms with van der Waals surface area (Å²) in [4.78, 5) is 11.8. The van der Waals surface area contributed by atoms with Gasteiger partial charge in [-0.3, -0.25) is 9.10 Å². The summed E-state index contributed by atoms with van der Waals surface area (Å²) < 4.78 is 31.5. The Balaban J connectivity index is 2.28. The highest BCUT2D eigenvalue weighted by Gasteiger charge is 2.44. The number of nitrogens with zero attached hydrogens (tertiary/aromatic N) is 1. The molecule has 2 unspecified atom stereocenters. The summed E-state index contributed by atoms with van der Waals surface area (Å²) in [5.74, 6) is -0.994. The number of carbonyl (C=O) groups excluding carboxylic acids is 1. The van der Waals surface area contributed by atoms with E-state index in [-0.39, 0.29) is 0 Å². The molecule has 6 heteroatoms. The topological polar surface area (TPSA) is 63.7 Å². The van der Waals surface area contributed by atoms with Crippen LogP contribution < -0.4 is 4.31 Å². The Bertz CT molecular complexity index is 609. The molecule has 1 aliphatic rings. The van der Waals surface area contributed by atoms with E-state index in [4.69, 9.17) is 4.74 Å². The highest BCUT2D eigenvalue weighted by molar-refractivity contribution is 7.93. The molecule has 0 spiro atoms. The van der Waals surface area contributed by atoms with Gasteiger partial charge in [0, 0.05) is 7.05 Å². The molecule has 1 aromatic carbocycles. The maximum Gasteiger partial charge on any atom is 0.310 e. The van der Waals surface area contributed by atoms with E-state index in [0.29, 0.717) is 18.5 Å². The van der Waals surface area contributed by atoms with E-state index in [1.807, 2.05) is 19.1 Å². The number of anilines is 1. The Hall–Kier alpha value is -1.56. The molecule has 116 valence electrons. The molecular formula is C15H21NO4S. The van der Waals surface area contributed by atoms with Crippen LogP contribution in [0.15, 0.2) is 24.3 Å². The lowest BCUT2D eigenvalue weighted by atomic mass is 10.1. The van der Waals surface area contributed by atoms with Gasteiger partial charge in [0.1, 0.15) is 0 Å². The van der Waals surface area contributed by atoms with Crippen molar-refractivity contribution < 1.29 is 17.9 Å². The fourth-order valence-electron chi connectivity index (χ4n) is 2.81. The Kier molecular flexibility index (Phi) is 4.56. The minimum atomic E-state index is -3.58. The predicted octanol–water partition coefficient (Wildman–Crippen LogP) is 2.10. The minimum Gasteiger partial charge on any atom is -0.469 e. The van der Waals surface area contributed by atoms with Crippen molar-refractivity contribution in [3.63, 3.8) is 0 Å². The molecule has 21 heavy (non-hydrogen) atoms. The number of carbonyl (C=O) groups is 1. The first-order valence-corrected chi connectivity index (χ1v) is 8.50. The quantitative estimate of drug-likeness (QED) is 0.799. The number of hydrogen-bond acceptors (Lipinski definition) is 4. The first-order valence-electron chi connectivity index (χ1n) is 7.00. The molecule has 0 aromatic heterocycles. The van der Waals surface area contributed by atoms with Crippen molar-refractivity contribution in [3.05, 3.63) is 29.8 Å². The van der Waals surface area contributed by atoms with E-state index in [9.17, 15) is 13.2 Å². The van der Waals surface area contributed by atoms with Crippen molar-refractivity contribution in [2.45, 2.75) is 31.4 Å². The van der Waals surface area contributed by atoms with Crippen molar-refractivity contribution in [2.24, 2.45) is 5.92 Å². The van der Waals surface area contributed by atoms with Crippen molar-refractivity contribution in [1.82, 2.24) is 0 Å². The van der Waals surface area contributed by atoms with Crippen LogP contribution in [0, 0.1) is 12.8 Å². The van der Waals surface area contributed by atoms with E-state index < -0.39 is 27.2 Å². The average Bonchev–Trinajstić information content (AvgIpc) is 2.96. The van der Waals surface area contributed by atoms with Crippen LogP contribution in [0.25, 0.3) is 0 Å². The number of methoxy groups -OCH3 is 1. The first kappa shape index (κ1) is 15.8. The van der Waals surface area contributed by atoms with Gasteiger partial charge in [0.15, 0.2) is 0 Å². The molecule has 0 heterocycles. The second-order valence-electron chi connectivity index (χ2n) is 5.45. The third-order valence-electron chi connectivity index (χ3n) is 4.12. The summed E-state index contributed by atoms with van der Waals surface area (Å²) in [5, 5.41) is -0.698. The van der Waals surface area contributed by atoms with E-state index >= 15 is 0 Å². The van der Waals surface area contributed by atoms with Crippen LogP contribution in [-0.2, 0) is 19.6 Å². The fraction of sp³-hybridized carbons (Fsp3) is 0.533. The van der Waals surface area contributed by atoms with E-state index in [1.165, 1.54) is 18.5 Å². The molecule has 2 atom stereocenters. The van der Waals surface area contributed by atoms with E-state index in [2.05, 4.69) is 0 Å². The van der Waals surface area contributed by atoms with Gasteiger partial charge in [-0.2, -0.15) is 0 Å².